The summed E-state index contributed by atoms with van der Waals surface area (Å²) in [5.41, 5.74) is -0.0637. The molecule has 0 unspecified atom stereocenters. The number of carbonyl (C=O) groups is 2. The summed E-state index contributed by atoms with van der Waals surface area (Å²) in [5, 5.41) is 19.6. The van der Waals surface area contributed by atoms with Gasteiger partial charge in [0.1, 0.15) is 18.2 Å². The van der Waals surface area contributed by atoms with Crippen molar-refractivity contribution in [3.63, 3.8) is 0 Å². The molecule has 0 bridgehead atoms. The maximum atomic E-state index is 11.6. The maximum absolute atomic E-state index is 11.6. The molecule has 7 heteroatoms. The highest BCUT2D eigenvalue weighted by Crippen LogP contribution is 2.04. The second-order valence-corrected chi connectivity index (χ2v) is 4.20. The molecule has 2 N–H and O–H groups in total. The number of hydrogen-bond donors (Lipinski definition) is 2. The van der Waals surface area contributed by atoms with E-state index in [-0.39, 0.29) is 5.57 Å². The smallest absolute Gasteiger partial charge is 0.322 e. The minimum Gasteiger partial charge on any atom is -0.480 e. The molecule has 1 fully saturated rings. The molecule has 104 valence electrons. The quantitative estimate of drug-likeness (QED) is 0.501. The predicted octanol–water partition coefficient (Wildman–Crippen LogP) is -0.768. The van der Waals surface area contributed by atoms with Gasteiger partial charge in [0.25, 0.3) is 5.91 Å². The van der Waals surface area contributed by atoms with Gasteiger partial charge in [0.2, 0.25) is 0 Å². The molecule has 1 heterocycles. The second kappa shape index (κ2) is 7.38. The third-order valence-corrected chi connectivity index (χ3v) is 2.93. The number of piperazine rings is 1. The minimum absolute atomic E-state index is 0.0637. The standard InChI is InChI=1S/C12H18N4O3/c1-2-15-3-5-16(6-4-15)9-10(7-13)12(19)14-8-11(17)18/h9H,2-6,8H2,1H3,(H,14,19)(H,17,18)/b10-9-. The first-order chi connectivity index (χ1) is 9.06. The van der Waals surface area contributed by atoms with E-state index in [9.17, 15) is 9.59 Å². The maximum Gasteiger partial charge on any atom is 0.322 e. The zero-order valence-electron chi connectivity index (χ0n) is 10.9. The van der Waals surface area contributed by atoms with Gasteiger partial charge in [-0.1, -0.05) is 6.92 Å². The van der Waals surface area contributed by atoms with Gasteiger partial charge in [0.15, 0.2) is 0 Å². The Kier molecular flexibility index (Phi) is 5.82. The number of likely N-dealkylation sites (N-methyl/N-ethyl adjacent to an activating group) is 1. The van der Waals surface area contributed by atoms with Crippen molar-refractivity contribution in [3.05, 3.63) is 11.8 Å². The first-order valence-electron chi connectivity index (χ1n) is 6.15. The Labute approximate surface area is 112 Å². The lowest BCUT2D eigenvalue weighted by Gasteiger charge is -2.33. The number of carboxylic acids is 1. The number of nitriles is 1. The summed E-state index contributed by atoms with van der Waals surface area (Å²) in [7, 11) is 0. The Hall–Kier alpha value is -2.07. The normalized spacial score (nSPS) is 16.8. The van der Waals surface area contributed by atoms with Crippen LogP contribution in [-0.2, 0) is 9.59 Å². The lowest BCUT2D eigenvalue weighted by molar-refractivity contribution is -0.137. The van der Waals surface area contributed by atoms with Gasteiger partial charge in [-0.05, 0) is 6.54 Å². The van der Waals surface area contributed by atoms with Gasteiger partial charge >= 0.3 is 5.97 Å². The number of aliphatic carboxylic acids is 1. The Balaban J connectivity index is 2.55. The molecule has 0 aromatic carbocycles. The molecular formula is C12H18N4O3. The monoisotopic (exact) mass is 266 g/mol. The fourth-order valence-electron chi connectivity index (χ4n) is 1.78. The molecule has 0 spiro atoms. The summed E-state index contributed by atoms with van der Waals surface area (Å²) >= 11 is 0. The van der Waals surface area contributed by atoms with Gasteiger partial charge in [-0.2, -0.15) is 5.26 Å². The van der Waals surface area contributed by atoms with Crippen molar-refractivity contribution in [1.82, 2.24) is 15.1 Å². The van der Waals surface area contributed by atoms with Crippen LogP contribution in [0.25, 0.3) is 0 Å². The topological polar surface area (TPSA) is 96.7 Å². The Morgan fingerprint density at radius 2 is 2.00 bits per heavy atom. The van der Waals surface area contributed by atoms with Crippen molar-refractivity contribution in [2.75, 3.05) is 39.3 Å². The molecule has 7 nitrogen and oxygen atoms in total. The van der Waals surface area contributed by atoms with Crippen LogP contribution < -0.4 is 5.32 Å². The summed E-state index contributed by atoms with van der Waals surface area (Å²) in [6.45, 7) is 5.89. The SMILES string of the molecule is CCN1CCN(/C=C(/C#N)C(=O)NCC(=O)O)CC1. The number of nitrogens with one attached hydrogen (secondary N) is 1. The van der Waals surface area contributed by atoms with Crippen molar-refractivity contribution < 1.29 is 14.7 Å². The second-order valence-electron chi connectivity index (χ2n) is 4.20. The minimum atomic E-state index is -1.14. The third kappa shape index (κ3) is 4.97. The lowest BCUT2D eigenvalue weighted by Crippen LogP contribution is -2.44. The molecule has 1 amide bonds. The Bertz CT molecular complexity index is 406. The van der Waals surface area contributed by atoms with Crippen LogP contribution in [0, 0.1) is 11.3 Å². The average Bonchev–Trinajstić information content (AvgIpc) is 2.42. The van der Waals surface area contributed by atoms with Crippen LogP contribution in [0.5, 0.6) is 0 Å². The number of nitrogens with zero attached hydrogens (tertiary/aromatic N) is 3. The first-order valence-corrected chi connectivity index (χ1v) is 6.15. The summed E-state index contributed by atoms with van der Waals surface area (Å²) in [5.74, 6) is -1.79. The highest BCUT2D eigenvalue weighted by atomic mass is 16.4. The molecule has 0 aromatic heterocycles. The third-order valence-electron chi connectivity index (χ3n) is 2.93. The first kappa shape index (κ1) is 15.0. The van der Waals surface area contributed by atoms with Crippen LogP contribution in [0.4, 0.5) is 0 Å². The van der Waals surface area contributed by atoms with E-state index in [1.807, 2.05) is 4.90 Å². The molecule has 0 atom stereocenters. The fraction of sp³-hybridized carbons (Fsp3) is 0.583. The highest BCUT2D eigenvalue weighted by molar-refractivity contribution is 5.98. The summed E-state index contributed by atoms with van der Waals surface area (Å²) < 4.78 is 0. The van der Waals surface area contributed by atoms with Gasteiger partial charge in [-0.25, -0.2) is 0 Å². The molecule has 1 saturated heterocycles. The molecule has 0 saturated carbocycles. The summed E-state index contributed by atoms with van der Waals surface area (Å²) in [6, 6.07) is 1.80. The predicted molar refractivity (Wildman–Crippen MR) is 68.0 cm³/mol. The van der Waals surface area contributed by atoms with Crippen molar-refractivity contribution in [1.29, 1.82) is 5.26 Å². The van der Waals surface area contributed by atoms with Gasteiger partial charge in [0.05, 0.1) is 0 Å². The average molecular weight is 266 g/mol. The van der Waals surface area contributed by atoms with Crippen LogP contribution in [-0.4, -0.2) is 66.1 Å². The molecule has 1 rings (SSSR count). The van der Waals surface area contributed by atoms with Gasteiger partial charge in [-0.3, -0.25) is 9.59 Å². The van der Waals surface area contributed by atoms with Crippen LogP contribution in [0.2, 0.25) is 0 Å². The van der Waals surface area contributed by atoms with Gasteiger partial charge in [0, 0.05) is 32.4 Å². The zero-order chi connectivity index (χ0) is 14.3. The van der Waals surface area contributed by atoms with E-state index >= 15 is 0 Å². The van der Waals surface area contributed by atoms with Crippen molar-refractivity contribution >= 4 is 11.9 Å². The van der Waals surface area contributed by atoms with Crippen LogP contribution in [0.3, 0.4) is 0 Å². The van der Waals surface area contributed by atoms with E-state index in [2.05, 4.69) is 17.1 Å². The number of carboxylic acid groups (broad SMARTS) is 1. The number of rotatable bonds is 5. The molecule has 1 aliphatic heterocycles. The number of amides is 1. The van der Waals surface area contributed by atoms with Gasteiger partial charge < -0.3 is 20.2 Å². The Morgan fingerprint density at radius 1 is 1.37 bits per heavy atom. The largest absolute Gasteiger partial charge is 0.480 e. The van der Waals surface area contributed by atoms with Crippen molar-refractivity contribution in [3.8, 4) is 6.07 Å². The van der Waals surface area contributed by atoms with E-state index in [0.717, 1.165) is 32.7 Å². The van der Waals surface area contributed by atoms with Gasteiger partial charge in [-0.15, -0.1) is 0 Å². The molecule has 19 heavy (non-hydrogen) atoms. The molecule has 0 radical (unpaired) electrons. The molecule has 0 aromatic rings. The number of hydrogen-bond acceptors (Lipinski definition) is 5. The van der Waals surface area contributed by atoms with Crippen LogP contribution in [0.1, 0.15) is 6.92 Å². The molecule has 0 aliphatic carbocycles. The van der Waals surface area contributed by atoms with Crippen LogP contribution >= 0.6 is 0 Å². The highest BCUT2D eigenvalue weighted by Gasteiger charge is 2.16. The van der Waals surface area contributed by atoms with Crippen molar-refractivity contribution in [2.45, 2.75) is 6.92 Å². The summed E-state index contributed by atoms with van der Waals surface area (Å²) in [4.78, 5) is 26.1. The van der Waals surface area contributed by atoms with E-state index < -0.39 is 18.4 Å². The van der Waals surface area contributed by atoms with E-state index in [4.69, 9.17) is 10.4 Å². The number of carbonyl (C=O) groups excluding carboxylic acids is 1. The van der Waals surface area contributed by atoms with E-state index in [1.54, 1.807) is 6.07 Å². The lowest BCUT2D eigenvalue weighted by atomic mass is 10.2. The molecular weight excluding hydrogens is 248 g/mol. The molecule has 1 aliphatic rings. The van der Waals surface area contributed by atoms with Crippen LogP contribution in [0.15, 0.2) is 11.8 Å². The van der Waals surface area contributed by atoms with E-state index in [0.29, 0.717) is 0 Å². The summed E-state index contributed by atoms with van der Waals surface area (Å²) in [6.07, 6.45) is 1.50. The Morgan fingerprint density at radius 3 is 2.47 bits per heavy atom. The fourth-order valence-corrected chi connectivity index (χ4v) is 1.78. The zero-order valence-corrected chi connectivity index (χ0v) is 10.9. The van der Waals surface area contributed by atoms with Crippen molar-refractivity contribution in [2.24, 2.45) is 0 Å². The van der Waals surface area contributed by atoms with E-state index in [1.165, 1.54) is 6.20 Å².